The van der Waals surface area contributed by atoms with Crippen LogP contribution >= 0.6 is 11.6 Å². The van der Waals surface area contributed by atoms with Gasteiger partial charge in [0, 0.05) is 11.1 Å². The fourth-order valence-corrected chi connectivity index (χ4v) is 3.17. The van der Waals surface area contributed by atoms with E-state index in [0.29, 0.717) is 16.7 Å². The molecule has 7 heteroatoms. The van der Waals surface area contributed by atoms with Gasteiger partial charge in [-0.05, 0) is 43.4 Å². The molecule has 0 bridgehead atoms. The molecule has 3 rings (SSSR count). The molecule has 0 aromatic carbocycles. The number of imide groups is 1. The van der Waals surface area contributed by atoms with E-state index in [4.69, 9.17) is 17.3 Å². The number of nitrogen functional groups attached to an aromatic ring is 1. The van der Waals surface area contributed by atoms with Crippen molar-refractivity contribution in [1.82, 2.24) is 10.3 Å². The molecule has 2 amide bonds. The number of nitrogens with one attached hydrogen (secondary N) is 2. The van der Waals surface area contributed by atoms with Crippen molar-refractivity contribution < 1.29 is 9.59 Å². The van der Waals surface area contributed by atoms with Gasteiger partial charge >= 0.3 is 0 Å². The largest absolute Gasteiger partial charge is 0.385 e. The number of carbonyl (C=O) groups excluding carboxylic acids is 2. The first-order chi connectivity index (χ1) is 11.4. The number of hydrogen-bond donors (Lipinski definition) is 3. The highest BCUT2D eigenvalue weighted by molar-refractivity contribution is 6.30. The first kappa shape index (κ1) is 16.3. The van der Waals surface area contributed by atoms with Crippen LogP contribution in [0.3, 0.4) is 0 Å². The second-order valence-electron chi connectivity index (χ2n) is 5.79. The van der Waals surface area contributed by atoms with Crippen LogP contribution in [0.25, 0.3) is 6.08 Å². The minimum Gasteiger partial charge on any atom is -0.385 e. The highest BCUT2D eigenvalue weighted by Crippen LogP contribution is 2.35. The quantitative estimate of drug-likeness (QED) is 0.729. The Hall–Kier alpha value is -2.60. The fraction of sp³-hybridized carbons (Fsp3) is 0.235. The standard InChI is InChI=1S/C17H16ClN3O3/c1-8-13(17(24)21-15(8)22)11-4-2-3-9(11)5-6-10-7-12(18)16(23)20-14(10)19/h5-7H,2-4H2,1H3,(H3,19,20,23)(H,21,22,24)/b6-5+. The highest BCUT2D eigenvalue weighted by Gasteiger charge is 2.31. The first-order valence-corrected chi connectivity index (χ1v) is 7.91. The molecule has 6 nitrogen and oxygen atoms in total. The predicted molar refractivity (Wildman–Crippen MR) is 92.2 cm³/mol. The van der Waals surface area contributed by atoms with Gasteiger partial charge in [-0.25, -0.2) is 0 Å². The van der Waals surface area contributed by atoms with Gasteiger partial charge < -0.3 is 10.7 Å². The Balaban J connectivity index is 2.00. The Bertz CT molecular complexity index is 906. The lowest BCUT2D eigenvalue weighted by Crippen LogP contribution is -2.23. The van der Waals surface area contributed by atoms with Crippen molar-refractivity contribution in [2.75, 3.05) is 5.73 Å². The van der Waals surface area contributed by atoms with E-state index in [0.717, 1.165) is 30.4 Å². The van der Waals surface area contributed by atoms with E-state index in [9.17, 15) is 14.4 Å². The lowest BCUT2D eigenvalue weighted by atomic mass is 9.98. The zero-order chi connectivity index (χ0) is 17.4. The third-order valence-corrected chi connectivity index (χ3v) is 4.54. The number of anilines is 1. The zero-order valence-corrected chi connectivity index (χ0v) is 13.8. The molecule has 0 unspecified atom stereocenters. The van der Waals surface area contributed by atoms with E-state index in [1.807, 2.05) is 6.08 Å². The summed E-state index contributed by atoms with van der Waals surface area (Å²) in [6.07, 6.45) is 6.08. The topological polar surface area (TPSA) is 105 Å². The molecule has 2 heterocycles. The second kappa shape index (κ2) is 6.13. The molecule has 0 fully saturated rings. The minimum absolute atomic E-state index is 0.0591. The molecule has 0 spiro atoms. The van der Waals surface area contributed by atoms with Gasteiger partial charge in [-0.2, -0.15) is 0 Å². The van der Waals surface area contributed by atoms with Gasteiger partial charge in [-0.15, -0.1) is 0 Å². The molecule has 0 saturated carbocycles. The smallest absolute Gasteiger partial charge is 0.268 e. The summed E-state index contributed by atoms with van der Waals surface area (Å²) in [4.78, 5) is 37.5. The molecular formula is C17H16ClN3O3. The number of carbonyl (C=O) groups is 2. The molecule has 4 N–H and O–H groups in total. The summed E-state index contributed by atoms with van der Waals surface area (Å²) in [6.45, 7) is 1.65. The van der Waals surface area contributed by atoms with Crippen molar-refractivity contribution in [3.05, 3.63) is 55.4 Å². The molecule has 124 valence electrons. The maximum atomic E-state index is 12.0. The molecule has 24 heavy (non-hydrogen) atoms. The third kappa shape index (κ3) is 2.80. The van der Waals surface area contributed by atoms with Crippen molar-refractivity contribution in [2.24, 2.45) is 0 Å². The van der Waals surface area contributed by atoms with Gasteiger partial charge in [0.15, 0.2) is 0 Å². The number of H-pyrrole nitrogens is 1. The molecule has 0 atom stereocenters. The molecule has 1 aliphatic carbocycles. The monoisotopic (exact) mass is 345 g/mol. The summed E-state index contributed by atoms with van der Waals surface area (Å²) in [5.41, 5.74) is 8.75. The van der Waals surface area contributed by atoms with Crippen LogP contribution in [0.15, 0.2) is 39.2 Å². The van der Waals surface area contributed by atoms with E-state index < -0.39 is 5.56 Å². The van der Waals surface area contributed by atoms with Gasteiger partial charge in [0.2, 0.25) is 0 Å². The fourth-order valence-electron chi connectivity index (χ4n) is 3.01. The van der Waals surface area contributed by atoms with Crippen LogP contribution in [-0.2, 0) is 9.59 Å². The summed E-state index contributed by atoms with van der Waals surface area (Å²) in [5.74, 6) is -0.453. The van der Waals surface area contributed by atoms with Gasteiger partial charge in [0.1, 0.15) is 10.8 Å². The Morgan fingerprint density at radius 1 is 1.17 bits per heavy atom. The van der Waals surface area contributed by atoms with Crippen molar-refractivity contribution in [1.29, 1.82) is 0 Å². The van der Waals surface area contributed by atoms with Crippen LogP contribution < -0.4 is 16.6 Å². The second-order valence-corrected chi connectivity index (χ2v) is 6.20. The van der Waals surface area contributed by atoms with Crippen LogP contribution in [0.5, 0.6) is 0 Å². The summed E-state index contributed by atoms with van der Waals surface area (Å²) in [6, 6.07) is 1.50. The van der Waals surface area contributed by atoms with Crippen LogP contribution in [0.2, 0.25) is 5.02 Å². The maximum absolute atomic E-state index is 12.0. The number of rotatable bonds is 3. The number of halogens is 1. The zero-order valence-electron chi connectivity index (χ0n) is 13.0. The minimum atomic E-state index is -0.436. The predicted octanol–water partition coefficient (Wildman–Crippen LogP) is 2.08. The Morgan fingerprint density at radius 2 is 1.92 bits per heavy atom. The Morgan fingerprint density at radius 3 is 2.58 bits per heavy atom. The van der Waals surface area contributed by atoms with Crippen LogP contribution in [0.1, 0.15) is 31.7 Å². The normalized spacial score (nSPS) is 18.2. The molecule has 0 saturated heterocycles. The lowest BCUT2D eigenvalue weighted by molar-refractivity contribution is -0.124. The van der Waals surface area contributed by atoms with Crippen molar-refractivity contribution in [3.63, 3.8) is 0 Å². The van der Waals surface area contributed by atoms with E-state index in [-0.39, 0.29) is 22.7 Å². The van der Waals surface area contributed by atoms with Gasteiger partial charge in [0.25, 0.3) is 17.4 Å². The average Bonchev–Trinajstić information content (AvgIpc) is 3.06. The van der Waals surface area contributed by atoms with Crippen LogP contribution in [0, 0.1) is 0 Å². The van der Waals surface area contributed by atoms with E-state index >= 15 is 0 Å². The van der Waals surface area contributed by atoms with E-state index in [1.165, 1.54) is 6.07 Å². The maximum Gasteiger partial charge on any atom is 0.268 e. The SMILES string of the molecule is CC1=C(C2=C(/C=C/c3cc(Cl)c(=O)[nH]c3N)CCC2)C(=O)NC1=O. The number of aromatic nitrogens is 1. The first-order valence-electron chi connectivity index (χ1n) is 7.54. The summed E-state index contributed by atoms with van der Waals surface area (Å²) >= 11 is 5.82. The molecule has 2 aliphatic rings. The van der Waals surface area contributed by atoms with Crippen LogP contribution in [-0.4, -0.2) is 16.8 Å². The van der Waals surface area contributed by atoms with E-state index in [2.05, 4.69) is 10.3 Å². The average molecular weight is 346 g/mol. The van der Waals surface area contributed by atoms with Crippen LogP contribution in [0.4, 0.5) is 5.82 Å². The van der Waals surface area contributed by atoms with E-state index in [1.54, 1.807) is 13.0 Å². The summed E-state index contributed by atoms with van der Waals surface area (Å²) < 4.78 is 0. The highest BCUT2D eigenvalue weighted by atomic mass is 35.5. The van der Waals surface area contributed by atoms with Gasteiger partial charge in [-0.1, -0.05) is 23.8 Å². The molecule has 1 aromatic heterocycles. The number of pyridine rings is 1. The third-order valence-electron chi connectivity index (χ3n) is 4.25. The number of amides is 2. The lowest BCUT2D eigenvalue weighted by Gasteiger charge is -2.05. The molecular weight excluding hydrogens is 330 g/mol. The number of allylic oxidation sites excluding steroid dienone is 2. The van der Waals surface area contributed by atoms with Gasteiger partial charge in [-0.3, -0.25) is 19.7 Å². The van der Waals surface area contributed by atoms with Gasteiger partial charge in [0.05, 0.1) is 5.57 Å². The molecule has 1 aromatic rings. The number of aromatic amines is 1. The number of nitrogens with two attached hydrogens (primary N) is 1. The Kier molecular flexibility index (Phi) is 4.15. The van der Waals surface area contributed by atoms with Crippen molar-refractivity contribution >= 4 is 35.3 Å². The summed E-state index contributed by atoms with van der Waals surface area (Å²) in [7, 11) is 0. The van der Waals surface area contributed by atoms with Crippen molar-refractivity contribution in [2.45, 2.75) is 26.2 Å². The van der Waals surface area contributed by atoms with Crippen molar-refractivity contribution in [3.8, 4) is 0 Å². The number of hydrogen-bond acceptors (Lipinski definition) is 4. The molecule has 0 radical (unpaired) electrons. The molecule has 1 aliphatic heterocycles. The Labute approximate surface area is 143 Å². The summed E-state index contributed by atoms with van der Waals surface area (Å²) in [5, 5.41) is 2.38.